The zero-order valence-electron chi connectivity index (χ0n) is 10.3. The van der Waals surface area contributed by atoms with Gasteiger partial charge in [-0.15, -0.1) is 0 Å². The van der Waals surface area contributed by atoms with E-state index >= 15 is 0 Å². The minimum Gasteiger partial charge on any atom is -0.266 e. The zero-order chi connectivity index (χ0) is 13.8. The minimum atomic E-state index is -3.80. The van der Waals surface area contributed by atoms with E-state index in [0.29, 0.717) is 5.56 Å². The highest BCUT2D eigenvalue weighted by Gasteiger charge is 2.17. The molecule has 5 nitrogen and oxygen atoms in total. The molecule has 0 aliphatic carbocycles. The Labute approximate surface area is 108 Å². The maximum absolute atomic E-state index is 11.8. The van der Waals surface area contributed by atoms with E-state index in [2.05, 4.69) is 0 Å². The maximum Gasteiger partial charge on any atom is 0.297 e. The Morgan fingerprint density at radius 2 is 1.72 bits per heavy atom. The third-order valence-corrected chi connectivity index (χ3v) is 4.76. The second-order valence-corrected chi connectivity index (χ2v) is 7.87. The van der Waals surface area contributed by atoms with Crippen molar-refractivity contribution in [2.75, 3.05) is 18.6 Å². The van der Waals surface area contributed by atoms with Crippen LogP contribution in [0.25, 0.3) is 0 Å². The fourth-order valence-electron chi connectivity index (χ4n) is 1.39. The van der Waals surface area contributed by atoms with Crippen molar-refractivity contribution < 1.29 is 21.0 Å². The lowest BCUT2D eigenvalue weighted by atomic mass is 10.2. The number of hydrogen-bond acceptors (Lipinski definition) is 5. The Bertz CT molecular complexity index is 602. The van der Waals surface area contributed by atoms with Crippen molar-refractivity contribution in [2.24, 2.45) is 0 Å². The Balaban J connectivity index is 2.65. The number of rotatable bonds is 6. The molecule has 0 spiro atoms. The van der Waals surface area contributed by atoms with Crippen LogP contribution in [0, 0.1) is 6.92 Å². The van der Waals surface area contributed by atoms with E-state index in [0.717, 1.165) is 6.26 Å². The summed E-state index contributed by atoms with van der Waals surface area (Å²) >= 11 is 0. The summed E-state index contributed by atoms with van der Waals surface area (Å²) in [5, 5.41) is 0. The molecule has 0 atom stereocenters. The molecule has 0 fully saturated rings. The molecular weight excluding hydrogens is 276 g/mol. The molecule has 0 saturated heterocycles. The van der Waals surface area contributed by atoms with Gasteiger partial charge in [-0.3, -0.25) is 4.18 Å². The second-order valence-electron chi connectivity index (χ2n) is 4.03. The van der Waals surface area contributed by atoms with E-state index in [1.165, 1.54) is 6.07 Å². The van der Waals surface area contributed by atoms with Gasteiger partial charge in [-0.25, -0.2) is 8.42 Å². The van der Waals surface area contributed by atoms with E-state index in [4.69, 9.17) is 4.18 Å². The van der Waals surface area contributed by atoms with Crippen molar-refractivity contribution in [3.8, 4) is 0 Å². The summed E-state index contributed by atoms with van der Waals surface area (Å²) in [6.07, 6.45) is 1.26. The molecule has 0 N–H and O–H groups in total. The maximum atomic E-state index is 11.8. The van der Waals surface area contributed by atoms with Crippen LogP contribution in [0.1, 0.15) is 12.0 Å². The van der Waals surface area contributed by atoms with Crippen LogP contribution in [-0.4, -0.2) is 35.5 Å². The van der Waals surface area contributed by atoms with Crippen LogP contribution in [0.4, 0.5) is 0 Å². The van der Waals surface area contributed by atoms with Gasteiger partial charge in [0.25, 0.3) is 10.1 Å². The molecule has 0 aromatic heterocycles. The summed E-state index contributed by atoms with van der Waals surface area (Å²) in [5.41, 5.74) is 0.598. The summed E-state index contributed by atoms with van der Waals surface area (Å²) < 4.78 is 50.2. The molecule has 1 aromatic carbocycles. The molecule has 1 aromatic rings. The van der Waals surface area contributed by atoms with Crippen molar-refractivity contribution in [1.29, 1.82) is 0 Å². The lowest BCUT2D eigenvalue weighted by molar-refractivity contribution is 0.318. The van der Waals surface area contributed by atoms with Crippen molar-refractivity contribution in [1.82, 2.24) is 0 Å². The molecule has 0 unspecified atom stereocenters. The fourth-order valence-corrected chi connectivity index (χ4v) is 3.20. The standard InChI is InChI=1S/C11H16O5S2/c1-10-6-3-4-7-11(10)18(14,15)16-8-5-9-17(2,12)13/h3-4,6-7H,5,8-9H2,1-2H3. The van der Waals surface area contributed by atoms with Crippen molar-refractivity contribution in [2.45, 2.75) is 18.2 Å². The quantitative estimate of drug-likeness (QED) is 0.580. The lowest BCUT2D eigenvalue weighted by Crippen LogP contribution is -2.12. The van der Waals surface area contributed by atoms with Gasteiger partial charge in [0.05, 0.1) is 17.3 Å². The van der Waals surface area contributed by atoms with Crippen LogP contribution in [0.2, 0.25) is 0 Å². The smallest absolute Gasteiger partial charge is 0.266 e. The molecule has 0 bridgehead atoms. The Morgan fingerprint density at radius 1 is 1.11 bits per heavy atom. The van der Waals surface area contributed by atoms with Crippen LogP contribution in [0.5, 0.6) is 0 Å². The molecule has 0 saturated carbocycles. The first-order chi connectivity index (χ1) is 8.22. The first kappa shape index (κ1) is 15.1. The molecule has 18 heavy (non-hydrogen) atoms. The molecular formula is C11H16O5S2. The van der Waals surface area contributed by atoms with Gasteiger partial charge in [0.15, 0.2) is 0 Å². The van der Waals surface area contributed by atoms with Crippen LogP contribution in [0.15, 0.2) is 29.2 Å². The summed E-state index contributed by atoms with van der Waals surface area (Å²) in [7, 11) is -6.89. The number of sulfone groups is 1. The van der Waals surface area contributed by atoms with Gasteiger partial charge in [-0.05, 0) is 25.0 Å². The summed E-state index contributed by atoms with van der Waals surface area (Å²) in [4.78, 5) is 0.115. The van der Waals surface area contributed by atoms with E-state index in [1.807, 2.05) is 0 Å². The number of aryl methyl sites for hydroxylation is 1. The largest absolute Gasteiger partial charge is 0.297 e. The Kier molecular flexibility index (Phi) is 4.89. The van der Waals surface area contributed by atoms with Crippen molar-refractivity contribution in [3.05, 3.63) is 29.8 Å². The monoisotopic (exact) mass is 292 g/mol. The molecule has 7 heteroatoms. The molecule has 0 aliphatic rings. The fraction of sp³-hybridized carbons (Fsp3) is 0.455. The highest BCUT2D eigenvalue weighted by atomic mass is 32.2. The molecule has 0 aliphatic heterocycles. The average molecular weight is 292 g/mol. The highest BCUT2D eigenvalue weighted by Crippen LogP contribution is 2.16. The van der Waals surface area contributed by atoms with Crippen LogP contribution in [-0.2, 0) is 24.1 Å². The third kappa shape index (κ3) is 4.75. The number of hydrogen-bond donors (Lipinski definition) is 0. The van der Waals surface area contributed by atoms with Crippen LogP contribution < -0.4 is 0 Å². The van der Waals surface area contributed by atoms with Gasteiger partial charge >= 0.3 is 0 Å². The van der Waals surface area contributed by atoms with Crippen molar-refractivity contribution >= 4 is 20.0 Å². The van der Waals surface area contributed by atoms with E-state index in [-0.39, 0.29) is 23.7 Å². The molecule has 0 radical (unpaired) electrons. The van der Waals surface area contributed by atoms with Gasteiger partial charge in [0.2, 0.25) is 0 Å². The van der Waals surface area contributed by atoms with Gasteiger partial charge in [0, 0.05) is 6.26 Å². The van der Waals surface area contributed by atoms with E-state index < -0.39 is 20.0 Å². The Hall–Kier alpha value is -0.920. The molecule has 1 rings (SSSR count). The van der Waals surface area contributed by atoms with Crippen LogP contribution in [0.3, 0.4) is 0 Å². The predicted octanol–water partition coefficient (Wildman–Crippen LogP) is 1.14. The first-order valence-corrected chi connectivity index (χ1v) is 8.82. The average Bonchev–Trinajstić information content (AvgIpc) is 2.24. The van der Waals surface area contributed by atoms with E-state index in [9.17, 15) is 16.8 Å². The Morgan fingerprint density at radius 3 is 2.28 bits per heavy atom. The normalized spacial score (nSPS) is 12.6. The summed E-state index contributed by atoms with van der Waals surface area (Å²) in [6, 6.07) is 6.48. The van der Waals surface area contributed by atoms with Crippen molar-refractivity contribution in [3.63, 3.8) is 0 Å². The predicted molar refractivity (Wildman–Crippen MR) is 68.6 cm³/mol. The zero-order valence-corrected chi connectivity index (χ0v) is 11.9. The minimum absolute atomic E-state index is 0.0870. The van der Waals surface area contributed by atoms with E-state index in [1.54, 1.807) is 25.1 Å². The topological polar surface area (TPSA) is 77.5 Å². The van der Waals surface area contributed by atoms with Crippen LogP contribution >= 0.6 is 0 Å². The molecule has 102 valence electrons. The van der Waals surface area contributed by atoms with Gasteiger partial charge in [-0.1, -0.05) is 18.2 Å². The molecule has 0 amide bonds. The van der Waals surface area contributed by atoms with Gasteiger partial charge < -0.3 is 0 Å². The summed E-state index contributed by atoms with van der Waals surface area (Å²) in [6.45, 7) is 1.54. The first-order valence-electron chi connectivity index (χ1n) is 5.35. The van der Waals surface area contributed by atoms with Gasteiger partial charge in [-0.2, -0.15) is 8.42 Å². The SMILES string of the molecule is Cc1ccccc1S(=O)(=O)OCCCS(C)(=O)=O. The summed E-state index contributed by atoms with van der Waals surface area (Å²) in [5.74, 6) is -0.0870. The second kappa shape index (κ2) is 5.81. The lowest BCUT2D eigenvalue weighted by Gasteiger charge is -2.07. The third-order valence-electron chi connectivity index (χ3n) is 2.26. The highest BCUT2D eigenvalue weighted by molar-refractivity contribution is 7.90. The number of benzene rings is 1. The molecule has 0 heterocycles. The van der Waals surface area contributed by atoms with Gasteiger partial charge in [0.1, 0.15) is 9.84 Å².